The quantitative estimate of drug-likeness (QED) is 0.778. The van der Waals surface area contributed by atoms with Crippen molar-refractivity contribution in [2.45, 2.75) is 19.0 Å². The Bertz CT molecular complexity index is 730. The van der Waals surface area contributed by atoms with E-state index >= 15 is 0 Å². The molecule has 2 aromatic rings. The van der Waals surface area contributed by atoms with Crippen molar-refractivity contribution in [3.63, 3.8) is 0 Å². The monoisotopic (exact) mass is 329 g/mol. The van der Waals surface area contributed by atoms with Crippen LogP contribution in [0.4, 0.5) is 19.0 Å². The maximum atomic E-state index is 12.9. The molecule has 1 aliphatic heterocycles. The van der Waals surface area contributed by atoms with Crippen LogP contribution < -0.4 is 4.90 Å². The number of nitrogens with zero attached hydrogens (tertiary/aromatic N) is 5. The van der Waals surface area contributed by atoms with Crippen molar-refractivity contribution in [1.29, 1.82) is 0 Å². The summed E-state index contributed by atoms with van der Waals surface area (Å²) in [5, 5.41) is 10.6. The molecule has 0 unspecified atom stereocenters. The maximum absolute atomic E-state index is 12.9. The summed E-state index contributed by atoms with van der Waals surface area (Å²) >= 11 is 0. The number of piperidine rings is 1. The number of rotatable bonds is 2. The average molecular weight is 329 g/mol. The summed E-state index contributed by atoms with van der Waals surface area (Å²) in [5.41, 5.74) is 0.0163. The van der Waals surface area contributed by atoms with E-state index in [1.165, 1.54) is 13.2 Å². The minimum atomic E-state index is -4.64. The van der Waals surface area contributed by atoms with Crippen molar-refractivity contribution in [3.05, 3.63) is 18.0 Å². The molecule has 0 aromatic carbocycles. The fourth-order valence-electron chi connectivity index (χ4n) is 2.67. The molecule has 7 nitrogen and oxygen atoms in total. The topological polar surface area (TPSA) is 72.6 Å². The average Bonchev–Trinajstić information content (AvgIpc) is 2.97. The molecule has 0 N–H and O–H groups in total. The first-order valence-corrected chi connectivity index (χ1v) is 7.02. The highest BCUT2D eigenvalue weighted by Gasteiger charge is 2.38. The van der Waals surface area contributed by atoms with E-state index in [0.717, 1.165) is 6.42 Å². The van der Waals surface area contributed by atoms with E-state index in [4.69, 9.17) is 4.74 Å². The van der Waals surface area contributed by atoms with Gasteiger partial charge in [-0.3, -0.25) is 4.79 Å². The molecule has 0 spiro atoms. The molecule has 124 valence electrons. The van der Waals surface area contributed by atoms with Gasteiger partial charge in [-0.05, 0) is 25.0 Å². The van der Waals surface area contributed by atoms with E-state index in [9.17, 15) is 18.0 Å². The molecule has 0 radical (unpaired) electrons. The van der Waals surface area contributed by atoms with Crippen LogP contribution in [0.2, 0.25) is 0 Å². The van der Waals surface area contributed by atoms with Gasteiger partial charge in [0.1, 0.15) is 5.82 Å². The Morgan fingerprint density at radius 3 is 2.83 bits per heavy atom. The summed E-state index contributed by atoms with van der Waals surface area (Å²) in [6.07, 6.45) is -3.22. The van der Waals surface area contributed by atoms with E-state index in [2.05, 4.69) is 15.3 Å². The van der Waals surface area contributed by atoms with Crippen LogP contribution >= 0.6 is 0 Å². The molecule has 1 fully saturated rings. The Morgan fingerprint density at radius 1 is 1.35 bits per heavy atom. The van der Waals surface area contributed by atoms with Crippen LogP contribution in [0.3, 0.4) is 0 Å². The van der Waals surface area contributed by atoms with Gasteiger partial charge < -0.3 is 9.64 Å². The summed E-state index contributed by atoms with van der Waals surface area (Å²) in [5.74, 6) is -1.46. The lowest BCUT2D eigenvalue weighted by Gasteiger charge is -2.32. The van der Waals surface area contributed by atoms with Gasteiger partial charge in [-0.2, -0.15) is 17.7 Å². The fraction of sp³-hybridized carbons (Fsp3) is 0.538. The second-order valence-corrected chi connectivity index (χ2v) is 5.29. The number of anilines is 1. The highest BCUT2D eigenvalue weighted by atomic mass is 19.4. The SMILES string of the molecule is COC(=O)[C@H]1CCCN(c2ccc3nnc(C(F)(F)F)n3n2)C1. The number of aromatic nitrogens is 4. The minimum absolute atomic E-state index is 0.0163. The molecular formula is C13H14F3N5O2. The van der Waals surface area contributed by atoms with Crippen LogP contribution in [0.25, 0.3) is 5.65 Å². The van der Waals surface area contributed by atoms with E-state index in [0.29, 0.717) is 29.8 Å². The third kappa shape index (κ3) is 2.92. The van der Waals surface area contributed by atoms with Crippen molar-refractivity contribution in [3.8, 4) is 0 Å². The number of alkyl halides is 3. The summed E-state index contributed by atoms with van der Waals surface area (Å²) in [6, 6.07) is 3.00. The number of ether oxygens (including phenoxy) is 1. The molecule has 3 heterocycles. The van der Waals surface area contributed by atoms with Crippen molar-refractivity contribution in [2.75, 3.05) is 25.1 Å². The van der Waals surface area contributed by atoms with Gasteiger partial charge in [0.15, 0.2) is 5.65 Å². The van der Waals surface area contributed by atoms with E-state index in [1.54, 1.807) is 11.0 Å². The normalized spacial score (nSPS) is 19.1. The Hall–Kier alpha value is -2.39. The molecule has 2 aromatic heterocycles. The molecular weight excluding hydrogens is 315 g/mol. The Morgan fingerprint density at radius 2 is 2.13 bits per heavy atom. The summed E-state index contributed by atoms with van der Waals surface area (Å²) in [4.78, 5) is 13.4. The van der Waals surface area contributed by atoms with Crippen molar-refractivity contribution in [1.82, 2.24) is 19.8 Å². The van der Waals surface area contributed by atoms with Crippen LogP contribution in [-0.4, -0.2) is 46.0 Å². The molecule has 23 heavy (non-hydrogen) atoms. The lowest BCUT2D eigenvalue weighted by atomic mass is 9.98. The zero-order chi connectivity index (χ0) is 16.6. The highest BCUT2D eigenvalue weighted by Crippen LogP contribution is 2.28. The van der Waals surface area contributed by atoms with Crippen LogP contribution in [0, 0.1) is 5.92 Å². The minimum Gasteiger partial charge on any atom is -0.469 e. The number of hydrogen-bond donors (Lipinski definition) is 0. The first kappa shape index (κ1) is 15.5. The third-order valence-corrected chi connectivity index (χ3v) is 3.78. The number of fused-ring (bicyclic) bond motifs is 1. The van der Waals surface area contributed by atoms with Gasteiger partial charge in [0, 0.05) is 13.1 Å². The van der Waals surface area contributed by atoms with Crippen LogP contribution in [-0.2, 0) is 15.7 Å². The molecule has 0 bridgehead atoms. The lowest BCUT2D eigenvalue weighted by molar-refractivity contribution is -0.146. The lowest BCUT2D eigenvalue weighted by Crippen LogP contribution is -2.39. The predicted octanol–water partition coefficient (Wildman–Crippen LogP) is 1.53. The third-order valence-electron chi connectivity index (χ3n) is 3.78. The van der Waals surface area contributed by atoms with Gasteiger partial charge in [-0.25, -0.2) is 0 Å². The van der Waals surface area contributed by atoms with Gasteiger partial charge in [-0.15, -0.1) is 15.3 Å². The zero-order valence-electron chi connectivity index (χ0n) is 12.2. The summed E-state index contributed by atoms with van der Waals surface area (Å²) < 4.78 is 44.1. The van der Waals surface area contributed by atoms with E-state index in [1.807, 2.05) is 0 Å². The molecule has 0 saturated carbocycles. The molecule has 3 rings (SSSR count). The molecule has 0 aliphatic carbocycles. The number of halogens is 3. The van der Waals surface area contributed by atoms with Gasteiger partial charge in [0.25, 0.3) is 5.82 Å². The summed E-state index contributed by atoms with van der Waals surface area (Å²) in [6.45, 7) is 0.962. The number of hydrogen-bond acceptors (Lipinski definition) is 6. The van der Waals surface area contributed by atoms with E-state index in [-0.39, 0.29) is 17.5 Å². The number of carbonyl (C=O) groups is 1. The molecule has 1 atom stereocenters. The van der Waals surface area contributed by atoms with Crippen LogP contribution in [0.5, 0.6) is 0 Å². The predicted molar refractivity (Wildman–Crippen MR) is 72.7 cm³/mol. The van der Waals surface area contributed by atoms with Gasteiger partial charge in [0.2, 0.25) is 0 Å². The first-order chi connectivity index (χ1) is 10.9. The fourth-order valence-corrected chi connectivity index (χ4v) is 2.67. The van der Waals surface area contributed by atoms with Gasteiger partial charge >= 0.3 is 12.1 Å². The largest absolute Gasteiger partial charge is 0.469 e. The smallest absolute Gasteiger partial charge is 0.453 e. The van der Waals surface area contributed by atoms with E-state index < -0.39 is 12.0 Å². The Labute approximate surface area is 129 Å². The first-order valence-electron chi connectivity index (χ1n) is 7.02. The Kier molecular flexibility index (Phi) is 3.82. The second kappa shape index (κ2) is 5.67. The second-order valence-electron chi connectivity index (χ2n) is 5.29. The highest BCUT2D eigenvalue weighted by molar-refractivity contribution is 5.73. The van der Waals surface area contributed by atoms with Gasteiger partial charge in [0.05, 0.1) is 13.0 Å². The maximum Gasteiger partial charge on any atom is 0.453 e. The van der Waals surface area contributed by atoms with Crippen LogP contribution in [0.1, 0.15) is 18.7 Å². The molecule has 0 amide bonds. The molecule has 1 aliphatic rings. The standard InChI is InChI=1S/C13H14F3N5O2/c1-23-11(22)8-3-2-6-20(7-8)10-5-4-9-17-18-12(13(14,15)16)21(9)19-10/h4-5,8H,2-3,6-7H2,1H3/t8-/m0/s1. The van der Waals surface area contributed by atoms with Crippen molar-refractivity contribution in [2.24, 2.45) is 5.92 Å². The van der Waals surface area contributed by atoms with Crippen LogP contribution in [0.15, 0.2) is 12.1 Å². The summed E-state index contributed by atoms with van der Waals surface area (Å²) in [7, 11) is 1.32. The molecule has 1 saturated heterocycles. The Balaban J connectivity index is 1.92. The zero-order valence-corrected chi connectivity index (χ0v) is 12.2. The number of methoxy groups -OCH3 is 1. The number of carbonyl (C=O) groups excluding carboxylic acids is 1. The van der Waals surface area contributed by atoms with Crippen molar-refractivity contribution >= 4 is 17.4 Å². The van der Waals surface area contributed by atoms with Gasteiger partial charge in [-0.1, -0.05) is 0 Å². The molecule has 10 heteroatoms. The van der Waals surface area contributed by atoms with Crippen molar-refractivity contribution < 1.29 is 22.7 Å². The number of esters is 1.